The van der Waals surface area contributed by atoms with Crippen LogP contribution in [0.2, 0.25) is 0 Å². The molecule has 0 unspecified atom stereocenters. The largest absolute Gasteiger partial charge is 0.496 e. The van der Waals surface area contributed by atoms with E-state index in [2.05, 4.69) is 30.1 Å². The smallest absolute Gasteiger partial charge is 0.122 e. The number of rotatable bonds is 1. The number of piperidine rings is 1. The molecule has 0 atom stereocenters. The lowest BCUT2D eigenvalue weighted by atomic mass is 9.74. The van der Waals surface area contributed by atoms with Crippen LogP contribution in [0.3, 0.4) is 0 Å². The van der Waals surface area contributed by atoms with Crippen LogP contribution in [0.15, 0.2) is 18.2 Å². The molecular formula is C15H21NO. The third-order valence-electron chi connectivity index (χ3n) is 4.72. The third kappa shape index (κ3) is 1.66. The van der Waals surface area contributed by atoms with Gasteiger partial charge in [-0.05, 0) is 68.4 Å². The summed E-state index contributed by atoms with van der Waals surface area (Å²) in [5.74, 6) is 1.10. The van der Waals surface area contributed by atoms with Crippen molar-refractivity contribution in [1.29, 1.82) is 0 Å². The van der Waals surface area contributed by atoms with Gasteiger partial charge in [0.15, 0.2) is 0 Å². The van der Waals surface area contributed by atoms with E-state index in [1.807, 2.05) is 0 Å². The molecule has 0 saturated carbocycles. The van der Waals surface area contributed by atoms with Crippen molar-refractivity contribution in [1.82, 2.24) is 4.90 Å². The summed E-state index contributed by atoms with van der Waals surface area (Å²) in [5.41, 5.74) is 3.50. The summed E-state index contributed by atoms with van der Waals surface area (Å²) >= 11 is 0. The first kappa shape index (κ1) is 11.1. The first-order valence-electron chi connectivity index (χ1n) is 6.60. The molecule has 1 spiro atoms. The van der Waals surface area contributed by atoms with Gasteiger partial charge in [0.1, 0.15) is 5.75 Å². The Hall–Kier alpha value is -1.02. The second-order valence-electron chi connectivity index (χ2n) is 5.57. The zero-order valence-electron chi connectivity index (χ0n) is 10.8. The van der Waals surface area contributed by atoms with Crippen LogP contribution in [0.4, 0.5) is 0 Å². The Bertz CT molecular complexity index is 419. The highest BCUT2D eigenvalue weighted by Gasteiger charge is 2.41. The highest BCUT2D eigenvalue weighted by Crippen LogP contribution is 2.48. The summed E-state index contributed by atoms with van der Waals surface area (Å²) < 4.78 is 5.50. The van der Waals surface area contributed by atoms with Crippen molar-refractivity contribution in [3.63, 3.8) is 0 Å². The second-order valence-corrected chi connectivity index (χ2v) is 5.57. The minimum absolute atomic E-state index is 0.455. The molecule has 17 heavy (non-hydrogen) atoms. The normalized spacial score (nSPS) is 22.7. The predicted molar refractivity (Wildman–Crippen MR) is 69.7 cm³/mol. The minimum atomic E-state index is 0.455. The van der Waals surface area contributed by atoms with Crippen LogP contribution in [0.1, 0.15) is 30.4 Å². The van der Waals surface area contributed by atoms with E-state index in [1.165, 1.54) is 44.3 Å². The molecule has 1 saturated heterocycles. The highest BCUT2D eigenvalue weighted by atomic mass is 16.5. The van der Waals surface area contributed by atoms with Crippen molar-refractivity contribution in [3.05, 3.63) is 29.3 Å². The SMILES string of the molecule is COc1cccc2c1CCC21CCN(C)CC1. The van der Waals surface area contributed by atoms with Gasteiger partial charge in [0.25, 0.3) is 0 Å². The van der Waals surface area contributed by atoms with Crippen LogP contribution in [0, 0.1) is 0 Å². The Labute approximate surface area is 104 Å². The van der Waals surface area contributed by atoms with Crippen LogP contribution >= 0.6 is 0 Å². The van der Waals surface area contributed by atoms with Gasteiger partial charge in [-0.25, -0.2) is 0 Å². The second kappa shape index (κ2) is 4.02. The molecule has 2 heteroatoms. The number of fused-ring (bicyclic) bond motifs is 2. The molecule has 1 aliphatic carbocycles. The van der Waals surface area contributed by atoms with Gasteiger partial charge in [-0.3, -0.25) is 0 Å². The molecule has 3 rings (SSSR count). The number of hydrogen-bond acceptors (Lipinski definition) is 2. The standard InChI is InChI=1S/C15H21NO/c1-16-10-8-15(9-11-16)7-6-12-13(15)4-3-5-14(12)17-2/h3-5H,6-11H2,1-2H3. The van der Waals surface area contributed by atoms with E-state index in [1.54, 1.807) is 12.7 Å². The molecule has 0 radical (unpaired) electrons. The average Bonchev–Trinajstić information content (AvgIpc) is 2.73. The lowest BCUT2D eigenvalue weighted by molar-refractivity contribution is 0.187. The lowest BCUT2D eigenvalue weighted by Crippen LogP contribution is -2.39. The van der Waals surface area contributed by atoms with E-state index in [0.29, 0.717) is 5.41 Å². The summed E-state index contributed by atoms with van der Waals surface area (Å²) in [7, 11) is 4.02. The topological polar surface area (TPSA) is 12.5 Å². The Morgan fingerprint density at radius 3 is 2.65 bits per heavy atom. The van der Waals surface area contributed by atoms with Crippen LogP contribution < -0.4 is 4.74 Å². The average molecular weight is 231 g/mol. The summed E-state index contributed by atoms with van der Waals surface area (Å²) in [6.45, 7) is 2.47. The van der Waals surface area contributed by atoms with Gasteiger partial charge in [-0.1, -0.05) is 12.1 Å². The van der Waals surface area contributed by atoms with Crippen molar-refractivity contribution in [3.8, 4) is 5.75 Å². The van der Waals surface area contributed by atoms with E-state index in [9.17, 15) is 0 Å². The van der Waals surface area contributed by atoms with Crippen molar-refractivity contribution in [2.75, 3.05) is 27.2 Å². The van der Waals surface area contributed by atoms with Crippen molar-refractivity contribution in [2.45, 2.75) is 31.1 Å². The highest BCUT2D eigenvalue weighted by molar-refractivity contribution is 5.48. The van der Waals surface area contributed by atoms with Crippen molar-refractivity contribution < 1.29 is 4.74 Å². The number of nitrogens with zero attached hydrogens (tertiary/aromatic N) is 1. The molecular weight excluding hydrogens is 210 g/mol. The number of hydrogen-bond donors (Lipinski definition) is 0. The fourth-order valence-corrected chi connectivity index (χ4v) is 3.58. The number of benzene rings is 1. The maximum absolute atomic E-state index is 5.50. The molecule has 0 amide bonds. The van der Waals surface area contributed by atoms with Gasteiger partial charge in [0.05, 0.1) is 7.11 Å². The van der Waals surface area contributed by atoms with Gasteiger partial charge in [-0.2, -0.15) is 0 Å². The first-order chi connectivity index (χ1) is 8.25. The van der Waals surface area contributed by atoms with Gasteiger partial charge in [0, 0.05) is 0 Å². The predicted octanol–water partition coefficient (Wildman–Crippen LogP) is 2.60. The quantitative estimate of drug-likeness (QED) is 0.736. The fourth-order valence-electron chi connectivity index (χ4n) is 3.58. The van der Waals surface area contributed by atoms with Gasteiger partial charge < -0.3 is 9.64 Å². The first-order valence-corrected chi connectivity index (χ1v) is 6.60. The maximum atomic E-state index is 5.50. The molecule has 1 aromatic carbocycles. The third-order valence-corrected chi connectivity index (χ3v) is 4.72. The van der Waals surface area contributed by atoms with Crippen molar-refractivity contribution in [2.24, 2.45) is 0 Å². The van der Waals surface area contributed by atoms with E-state index >= 15 is 0 Å². The Morgan fingerprint density at radius 2 is 1.94 bits per heavy atom. The molecule has 1 aliphatic heterocycles. The number of ether oxygens (including phenoxy) is 1. The van der Waals surface area contributed by atoms with Crippen LogP contribution in [-0.2, 0) is 11.8 Å². The van der Waals surface area contributed by atoms with Gasteiger partial charge in [0.2, 0.25) is 0 Å². The molecule has 0 aromatic heterocycles. The molecule has 2 aliphatic rings. The molecule has 0 N–H and O–H groups in total. The molecule has 0 bridgehead atoms. The molecule has 1 heterocycles. The van der Waals surface area contributed by atoms with E-state index in [-0.39, 0.29) is 0 Å². The summed E-state index contributed by atoms with van der Waals surface area (Å²) in [5, 5.41) is 0. The van der Waals surface area contributed by atoms with Gasteiger partial charge in [-0.15, -0.1) is 0 Å². The zero-order chi connectivity index (χ0) is 11.9. The zero-order valence-corrected chi connectivity index (χ0v) is 10.8. The van der Waals surface area contributed by atoms with Crippen LogP contribution in [0.25, 0.3) is 0 Å². The number of methoxy groups -OCH3 is 1. The van der Waals surface area contributed by atoms with E-state index in [4.69, 9.17) is 4.74 Å². The molecule has 2 nitrogen and oxygen atoms in total. The molecule has 1 aromatic rings. The fraction of sp³-hybridized carbons (Fsp3) is 0.600. The summed E-state index contributed by atoms with van der Waals surface area (Å²) in [6.07, 6.45) is 5.13. The Kier molecular flexibility index (Phi) is 2.62. The molecule has 92 valence electrons. The van der Waals surface area contributed by atoms with E-state index in [0.717, 1.165) is 5.75 Å². The van der Waals surface area contributed by atoms with Gasteiger partial charge >= 0.3 is 0 Å². The lowest BCUT2D eigenvalue weighted by Gasteiger charge is -2.38. The molecule has 1 fully saturated rings. The van der Waals surface area contributed by atoms with Crippen LogP contribution in [-0.4, -0.2) is 32.1 Å². The summed E-state index contributed by atoms with van der Waals surface area (Å²) in [4.78, 5) is 2.45. The monoisotopic (exact) mass is 231 g/mol. The number of likely N-dealkylation sites (tertiary alicyclic amines) is 1. The Morgan fingerprint density at radius 1 is 1.18 bits per heavy atom. The van der Waals surface area contributed by atoms with Crippen molar-refractivity contribution >= 4 is 0 Å². The minimum Gasteiger partial charge on any atom is -0.496 e. The summed E-state index contributed by atoms with van der Waals surface area (Å²) in [6, 6.07) is 6.59. The van der Waals surface area contributed by atoms with E-state index < -0.39 is 0 Å². The Balaban J connectivity index is 1.98. The maximum Gasteiger partial charge on any atom is 0.122 e. The van der Waals surface area contributed by atoms with Crippen LogP contribution in [0.5, 0.6) is 5.75 Å².